The molecule has 9 heavy (non-hydrogen) atoms. The molecule has 0 nitrogen and oxygen atoms in total. The summed E-state index contributed by atoms with van der Waals surface area (Å²) in [7, 11) is 0. The number of hydrogen-bond acceptors (Lipinski definition) is 1. The highest BCUT2D eigenvalue weighted by molar-refractivity contribution is 7.99. The zero-order valence-corrected chi connectivity index (χ0v) is 7.93. The van der Waals surface area contributed by atoms with E-state index in [2.05, 4.69) is 13.8 Å². The van der Waals surface area contributed by atoms with Gasteiger partial charge >= 0.3 is 0 Å². The average molecular weight is 167 g/mol. The number of rotatable bonds is 4. The topological polar surface area (TPSA) is 0 Å². The third kappa shape index (κ3) is 6.53. The zero-order valence-electron chi connectivity index (χ0n) is 6.36. The fraction of sp³-hybridized carbons (Fsp3) is 1.00. The van der Waals surface area contributed by atoms with E-state index in [1.54, 1.807) is 0 Å². The third-order valence-corrected chi connectivity index (χ3v) is 3.12. The zero-order chi connectivity index (χ0) is 7.28. The van der Waals surface area contributed by atoms with Crippen molar-refractivity contribution in [2.45, 2.75) is 37.8 Å². The van der Waals surface area contributed by atoms with Crippen LogP contribution in [0.2, 0.25) is 0 Å². The molecule has 0 aromatic carbocycles. The highest BCUT2D eigenvalue weighted by atomic mass is 35.5. The summed E-state index contributed by atoms with van der Waals surface area (Å²) in [6, 6.07) is 0. The van der Waals surface area contributed by atoms with Crippen LogP contribution in [-0.4, -0.2) is 16.4 Å². The Balaban J connectivity index is 3.06. The van der Waals surface area contributed by atoms with Crippen molar-refractivity contribution < 1.29 is 0 Å². The van der Waals surface area contributed by atoms with Crippen LogP contribution in [0.1, 0.15) is 27.2 Å². The molecule has 0 saturated carbocycles. The second-order valence-corrected chi connectivity index (χ2v) is 4.55. The molecule has 0 heterocycles. The first kappa shape index (κ1) is 9.64. The fourth-order valence-electron chi connectivity index (χ4n) is 0.415. The quantitative estimate of drug-likeness (QED) is 0.579. The molecule has 0 aliphatic heterocycles. The lowest BCUT2D eigenvalue weighted by Gasteiger charge is -2.07. The monoisotopic (exact) mass is 166 g/mol. The van der Waals surface area contributed by atoms with Gasteiger partial charge in [0.1, 0.15) is 0 Å². The van der Waals surface area contributed by atoms with E-state index in [9.17, 15) is 0 Å². The molecule has 2 heteroatoms. The van der Waals surface area contributed by atoms with Gasteiger partial charge in [0.05, 0.1) is 0 Å². The van der Waals surface area contributed by atoms with Crippen LogP contribution in [0, 0.1) is 0 Å². The Morgan fingerprint density at radius 2 is 2.00 bits per heavy atom. The van der Waals surface area contributed by atoms with Crippen molar-refractivity contribution in [3.63, 3.8) is 0 Å². The molecule has 0 spiro atoms. The summed E-state index contributed by atoms with van der Waals surface area (Å²) in [5, 5.41) is 1.09. The van der Waals surface area contributed by atoms with Gasteiger partial charge in [-0.15, -0.1) is 11.6 Å². The average Bonchev–Trinajstić information content (AvgIpc) is 1.83. The first-order chi connectivity index (χ1) is 4.16. The van der Waals surface area contributed by atoms with Gasteiger partial charge in [-0.3, -0.25) is 0 Å². The summed E-state index contributed by atoms with van der Waals surface area (Å²) in [6.07, 6.45) is 1.24. The van der Waals surface area contributed by atoms with Gasteiger partial charge in [0, 0.05) is 16.4 Å². The fourth-order valence-corrected chi connectivity index (χ4v) is 1.46. The van der Waals surface area contributed by atoms with Gasteiger partial charge in [-0.25, -0.2) is 0 Å². The van der Waals surface area contributed by atoms with Crippen molar-refractivity contribution >= 4 is 23.4 Å². The molecule has 0 aliphatic rings. The summed E-state index contributed by atoms with van der Waals surface area (Å²) in [5.41, 5.74) is 0. The summed E-state index contributed by atoms with van der Waals surface area (Å²) in [5.74, 6) is 1.08. The van der Waals surface area contributed by atoms with E-state index < -0.39 is 0 Å². The Kier molecular flexibility index (Phi) is 5.81. The van der Waals surface area contributed by atoms with Gasteiger partial charge < -0.3 is 0 Å². The molecular formula is C7H15ClS. The molecule has 0 radical (unpaired) electrons. The molecule has 2 atom stereocenters. The van der Waals surface area contributed by atoms with Crippen LogP contribution in [0.15, 0.2) is 0 Å². The highest BCUT2D eigenvalue weighted by Gasteiger charge is 2.01. The minimum Gasteiger partial charge on any atom is -0.157 e. The maximum atomic E-state index is 5.76. The molecule has 0 aliphatic carbocycles. The standard InChI is InChI=1S/C7H15ClS/c1-4-7(3)9-5-6(2)8/h6-7H,4-5H2,1-3H3. The lowest BCUT2D eigenvalue weighted by Crippen LogP contribution is -2.00. The maximum absolute atomic E-state index is 5.76. The van der Waals surface area contributed by atoms with Crippen molar-refractivity contribution in [3.05, 3.63) is 0 Å². The van der Waals surface area contributed by atoms with Crippen molar-refractivity contribution in [3.8, 4) is 0 Å². The summed E-state index contributed by atoms with van der Waals surface area (Å²) in [6.45, 7) is 6.48. The lowest BCUT2D eigenvalue weighted by atomic mass is 10.4. The van der Waals surface area contributed by atoms with Gasteiger partial charge in [-0.1, -0.05) is 13.8 Å². The molecule has 0 fully saturated rings. The van der Waals surface area contributed by atoms with Gasteiger partial charge in [0.25, 0.3) is 0 Å². The molecule has 0 rings (SSSR count). The van der Waals surface area contributed by atoms with Gasteiger partial charge in [0.15, 0.2) is 0 Å². The van der Waals surface area contributed by atoms with E-state index in [0.717, 1.165) is 11.0 Å². The molecule has 0 aromatic heterocycles. The third-order valence-electron chi connectivity index (χ3n) is 1.19. The van der Waals surface area contributed by atoms with Crippen LogP contribution >= 0.6 is 23.4 Å². The van der Waals surface area contributed by atoms with Crippen LogP contribution in [-0.2, 0) is 0 Å². The Labute approximate surface area is 67.4 Å². The second kappa shape index (κ2) is 5.43. The Hall–Kier alpha value is 0.640. The van der Waals surface area contributed by atoms with Gasteiger partial charge in [-0.2, -0.15) is 11.8 Å². The van der Waals surface area contributed by atoms with E-state index in [0.29, 0.717) is 5.38 Å². The maximum Gasteiger partial charge on any atom is 0.0398 e. The number of thioether (sulfide) groups is 1. The van der Waals surface area contributed by atoms with E-state index >= 15 is 0 Å². The van der Waals surface area contributed by atoms with Crippen LogP contribution in [0.4, 0.5) is 0 Å². The van der Waals surface area contributed by atoms with E-state index in [4.69, 9.17) is 11.6 Å². The van der Waals surface area contributed by atoms with Crippen LogP contribution in [0.25, 0.3) is 0 Å². The summed E-state index contributed by atoms with van der Waals surface area (Å²) in [4.78, 5) is 0. The highest BCUT2D eigenvalue weighted by Crippen LogP contribution is 2.16. The van der Waals surface area contributed by atoms with Crippen molar-refractivity contribution in [1.82, 2.24) is 0 Å². The molecule has 0 aromatic rings. The predicted molar refractivity (Wildman–Crippen MR) is 47.5 cm³/mol. The normalized spacial score (nSPS) is 17.3. The Morgan fingerprint density at radius 1 is 1.44 bits per heavy atom. The molecule has 56 valence electrons. The molecule has 2 unspecified atom stereocenters. The number of hydrogen-bond donors (Lipinski definition) is 0. The molecular weight excluding hydrogens is 152 g/mol. The summed E-state index contributed by atoms with van der Waals surface area (Å²) >= 11 is 7.71. The minimum atomic E-state index is 0.323. The van der Waals surface area contributed by atoms with Crippen molar-refractivity contribution in [2.75, 3.05) is 5.75 Å². The second-order valence-electron chi connectivity index (χ2n) is 2.33. The van der Waals surface area contributed by atoms with E-state index in [1.807, 2.05) is 18.7 Å². The van der Waals surface area contributed by atoms with Crippen LogP contribution in [0.5, 0.6) is 0 Å². The number of alkyl halides is 1. The smallest absolute Gasteiger partial charge is 0.0398 e. The molecule has 0 amide bonds. The van der Waals surface area contributed by atoms with Gasteiger partial charge in [-0.05, 0) is 13.3 Å². The SMILES string of the molecule is CCC(C)SCC(C)Cl. The van der Waals surface area contributed by atoms with Crippen LogP contribution in [0.3, 0.4) is 0 Å². The predicted octanol–water partition coefficient (Wildman–Crippen LogP) is 3.15. The van der Waals surface area contributed by atoms with Crippen molar-refractivity contribution in [1.29, 1.82) is 0 Å². The van der Waals surface area contributed by atoms with Crippen LogP contribution < -0.4 is 0 Å². The largest absolute Gasteiger partial charge is 0.157 e. The first-order valence-electron chi connectivity index (χ1n) is 3.42. The van der Waals surface area contributed by atoms with E-state index in [-0.39, 0.29) is 0 Å². The minimum absolute atomic E-state index is 0.323. The van der Waals surface area contributed by atoms with E-state index in [1.165, 1.54) is 6.42 Å². The Bertz CT molecular complexity index is 63.9. The molecule has 0 saturated heterocycles. The van der Waals surface area contributed by atoms with Gasteiger partial charge in [0.2, 0.25) is 0 Å². The first-order valence-corrected chi connectivity index (χ1v) is 4.91. The summed E-state index contributed by atoms with van der Waals surface area (Å²) < 4.78 is 0. The lowest BCUT2D eigenvalue weighted by molar-refractivity contribution is 0.902. The number of halogens is 1. The molecule has 0 N–H and O–H groups in total. The Morgan fingerprint density at radius 3 is 2.33 bits per heavy atom. The molecule has 0 bridgehead atoms. The van der Waals surface area contributed by atoms with Crippen molar-refractivity contribution in [2.24, 2.45) is 0 Å².